The number of rotatable bonds is 4. The SMILES string of the molecule is C=CC(=O)NC1CCC(n2nc3c(=O)[nH]nc(N)c3c2-c2oc3ccc(C)cc3c2C)CC1. The van der Waals surface area contributed by atoms with Crippen molar-refractivity contribution in [2.75, 3.05) is 5.73 Å². The van der Waals surface area contributed by atoms with Crippen LogP contribution in [-0.4, -0.2) is 31.9 Å². The molecule has 4 aromatic rings. The number of amides is 1. The van der Waals surface area contributed by atoms with E-state index in [1.54, 1.807) is 0 Å². The van der Waals surface area contributed by atoms with Gasteiger partial charge in [0.2, 0.25) is 5.91 Å². The number of aromatic amines is 1. The lowest BCUT2D eigenvalue weighted by Crippen LogP contribution is -2.37. The Kier molecular flexibility index (Phi) is 5.03. The molecule has 1 amide bonds. The molecule has 9 nitrogen and oxygen atoms in total. The van der Waals surface area contributed by atoms with E-state index < -0.39 is 5.56 Å². The molecule has 33 heavy (non-hydrogen) atoms. The van der Waals surface area contributed by atoms with E-state index in [9.17, 15) is 9.59 Å². The maximum atomic E-state index is 12.6. The highest BCUT2D eigenvalue weighted by atomic mass is 16.3. The number of nitrogens with one attached hydrogen (secondary N) is 2. The molecule has 0 spiro atoms. The van der Waals surface area contributed by atoms with Gasteiger partial charge in [0.05, 0.1) is 11.4 Å². The van der Waals surface area contributed by atoms with Crippen LogP contribution >= 0.6 is 0 Å². The van der Waals surface area contributed by atoms with E-state index in [0.29, 0.717) is 16.8 Å². The van der Waals surface area contributed by atoms with Gasteiger partial charge in [0.1, 0.15) is 11.3 Å². The largest absolute Gasteiger partial charge is 0.454 e. The number of furan rings is 1. The minimum atomic E-state index is -0.393. The number of hydrogen-bond donors (Lipinski definition) is 3. The Morgan fingerprint density at radius 2 is 2.06 bits per heavy atom. The van der Waals surface area contributed by atoms with Crippen LogP contribution in [0.15, 0.2) is 40.1 Å². The summed E-state index contributed by atoms with van der Waals surface area (Å²) in [4.78, 5) is 24.3. The van der Waals surface area contributed by atoms with Crippen molar-refractivity contribution in [3.05, 3.63) is 52.3 Å². The highest BCUT2D eigenvalue weighted by Crippen LogP contribution is 2.41. The standard InChI is InChI=1S/C24H26N6O3/c1-4-18(31)26-14-6-8-15(9-7-14)30-21(19-20(29-30)24(32)28-27-23(19)25)22-13(3)16-11-12(2)5-10-17(16)33-22/h4-5,10-11,14-15H,1,6-9H2,2-3H3,(H2,25,27)(H,26,31)(H,28,32). The number of anilines is 1. The highest BCUT2D eigenvalue weighted by molar-refractivity contribution is 6.01. The van der Waals surface area contributed by atoms with Crippen molar-refractivity contribution < 1.29 is 9.21 Å². The molecule has 1 aromatic carbocycles. The minimum Gasteiger partial charge on any atom is -0.454 e. The topological polar surface area (TPSA) is 132 Å². The fourth-order valence-electron chi connectivity index (χ4n) is 4.82. The molecule has 0 atom stereocenters. The van der Waals surface area contributed by atoms with Gasteiger partial charge in [0.25, 0.3) is 5.56 Å². The molecule has 4 N–H and O–H groups in total. The Morgan fingerprint density at radius 1 is 1.30 bits per heavy atom. The number of carbonyl (C=O) groups is 1. The lowest BCUT2D eigenvalue weighted by atomic mass is 9.91. The fraction of sp³-hybridized carbons (Fsp3) is 0.333. The predicted octanol–water partition coefficient (Wildman–Crippen LogP) is 3.52. The summed E-state index contributed by atoms with van der Waals surface area (Å²) in [5.41, 5.74) is 9.62. The van der Waals surface area contributed by atoms with Gasteiger partial charge in [-0.2, -0.15) is 10.2 Å². The van der Waals surface area contributed by atoms with Gasteiger partial charge in [-0.3, -0.25) is 14.3 Å². The smallest absolute Gasteiger partial charge is 0.292 e. The van der Waals surface area contributed by atoms with Crippen LogP contribution in [0.3, 0.4) is 0 Å². The van der Waals surface area contributed by atoms with E-state index in [-0.39, 0.29) is 29.3 Å². The molecule has 1 saturated carbocycles. The molecular weight excluding hydrogens is 420 g/mol. The quantitative estimate of drug-likeness (QED) is 0.411. The first kappa shape index (κ1) is 21.0. The fourth-order valence-corrected chi connectivity index (χ4v) is 4.82. The molecule has 0 aliphatic heterocycles. The van der Waals surface area contributed by atoms with Crippen molar-refractivity contribution in [2.45, 2.75) is 51.6 Å². The van der Waals surface area contributed by atoms with Crippen LogP contribution < -0.4 is 16.6 Å². The molecule has 3 aromatic heterocycles. The van der Waals surface area contributed by atoms with Crippen LogP contribution in [0.2, 0.25) is 0 Å². The Morgan fingerprint density at radius 3 is 2.79 bits per heavy atom. The lowest BCUT2D eigenvalue weighted by molar-refractivity contribution is -0.117. The molecule has 0 unspecified atom stereocenters. The van der Waals surface area contributed by atoms with Gasteiger partial charge in [-0.1, -0.05) is 18.2 Å². The number of aryl methyl sites for hydroxylation is 2. The molecule has 1 fully saturated rings. The summed E-state index contributed by atoms with van der Waals surface area (Å²) in [6, 6.07) is 6.15. The van der Waals surface area contributed by atoms with Crippen molar-refractivity contribution >= 4 is 33.6 Å². The van der Waals surface area contributed by atoms with Crippen LogP contribution in [0.25, 0.3) is 33.3 Å². The minimum absolute atomic E-state index is 0.0254. The van der Waals surface area contributed by atoms with Crippen molar-refractivity contribution in [3.63, 3.8) is 0 Å². The van der Waals surface area contributed by atoms with Crippen LogP contribution in [-0.2, 0) is 4.79 Å². The van der Waals surface area contributed by atoms with Crippen LogP contribution in [0.1, 0.15) is 42.9 Å². The summed E-state index contributed by atoms with van der Waals surface area (Å²) in [7, 11) is 0. The van der Waals surface area contributed by atoms with Crippen LogP contribution in [0.5, 0.6) is 0 Å². The van der Waals surface area contributed by atoms with Gasteiger partial charge < -0.3 is 15.5 Å². The van der Waals surface area contributed by atoms with Crippen LogP contribution in [0, 0.1) is 13.8 Å². The number of nitrogen functional groups attached to an aromatic ring is 1. The first-order chi connectivity index (χ1) is 15.9. The number of H-pyrrole nitrogens is 1. The Hall–Kier alpha value is -3.88. The second kappa shape index (κ2) is 7.91. The average Bonchev–Trinajstić information content (AvgIpc) is 3.36. The van der Waals surface area contributed by atoms with E-state index in [0.717, 1.165) is 47.8 Å². The van der Waals surface area contributed by atoms with E-state index in [4.69, 9.17) is 15.2 Å². The summed E-state index contributed by atoms with van der Waals surface area (Å²) in [6.45, 7) is 7.56. The summed E-state index contributed by atoms with van der Waals surface area (Å²) in [5.74, 6) is 0.677. The van der Waals surface area contributed by atoms with Gasteiger partial charge in [0.15, 0.2) is 17.1 Å². The molecule has 3 heterocycles. The summed E-state index contributed by atoms with van der Waals surface area (Å²) < 4.78 is 8.17. The van der Waals surface area contributed by atoms with Crippen molar-refractivity contribution in [2.24, 2.45) is 0 Å². The number of carbonyl (C=O) groups excluding carboxylic acids is 1. The summed E-state index contributed by atoms with van der Waals surface area (Å²) >= 11 is 0. The zero-order chi connectivity index (χ0) is 23.3. The van der Waals surface area contributed by atoms with E-state index in [1.807, 2.05) is 30.7 Å². The predicted molar refractivity (Wildman–Crippen MR) is 127 cm³/mol. The molecule has 170 valence electrons. The third-order valence-electron chi connectivity index (χ3n) is 6.54. The van der Waals surface area contributed by atoms with E-state index >= 15 is 0 Å². The zero-order valence-electron chi connectivity index (χ0n) is 18.6. The Bertz CT molecular complexity index is 1450. The number of benzene rings is 1. The van der Waals surface area contributed by atoms with Crippen molar-refractivity contribution in [1.82, 2.24) is 25.3 Å². The molecule has 1 aliphatic carbocycles. The first-order valence-electron chi connectivity index (χ1n) is 11.1. The normalized spacial score (nSPS) is 18.6. The number of nitrogens with zero attached hydrogens (tertiary/aromatic N) is 3. The zero-order valence-corrected chi connectivity index (χ0v) is 18.6. The lowest BCUT2D eigenvalue weighted by Gasteiger charge is -2.29. The monoisotopic (exact) mass is 446 g/mol. The number of nitrogens with two attached hydrogens (primary N) is 1. The Balaban J connectivity index is 1.65. The number of fused-ring (bicyclic) bond motifs is 2. The second-order valence-corrected chi connectivity index (χ2v) is 8.73. The highest BCUT2D eigenvalue weighted by Gasteiger charge is 2.30. The molecule has 0 bridgehead atoms. The Labute approximate surface area is 189 Å². The number of hydrogen-bond acceptors (Lipinski definition) is 6. The van der Waals surface area contributed by atoms with E-state index in [1.165, 1.54) is 6.08 Å². The third kappa shape index (κ3) is 3.49. The summed E-state index contributed by atoms with van der Waals surface area (Å²) in [6.07, 6.45) is 4.45. The maximum absolute atomic E-state index is 12.6. The maximum Gasteiger partial charge on any atom is 0.292 e. The van der Waals surface area contributed by atoms with E-state index in [2.05, 4.69) is 28.2 Å². The molecule has 5 rings (SSSR count). The van der Waals surface area contributed by atoms with Gasteiger partial charge in [-0.25, -0.2) is 5.10 Å². The van der Waals surface area contributed by atoms with Crippen molar-refractivity contribution in [3.8, 4) is 11.5 Å². The van der Waals surface area contributed by atoms with Gasteiger partial charge in [-0.15, -0.1) is 0 Å². The molecule has 1 aliphatic rings. The first-order valence-corrected chi connectivity index (χ1v) is 11.1. The van der Waals surface area contributed by atoms with Gasteiger partial charge >= 0.3 is 0 Å². The second-order valence-electron chi connectivity index (χ2n) is 8.73. The van der Waals surface area contributed by atoms with Crippen molar-refractivity contribution in [1.29, 1.82) is 0 Å². The number of aromatic nitrogens is 4. The van der Waals surface area contributed by atoms with Gasteiger partial charge in [0, 0.05) is 17.0 Å². The average molecular weight is 447 g/mol. The van der Waals surface area contributed by atoms with Gasteiger partial charge in [-0.05, 0) is 57.7 Å². The molecule has 9 heteroatoms. The molecule has 0 radical (unpaired) electrons. The van der Waals surface area contributed by atoms with Crippen LogP contribution in [0.4, 0.5) is 5.82 Å². The third-order valence-corrected chi connectivity index (χ3v) is 6.54. The molecular formula is C24H26N6O3. The molecule has 0 saturated heterocycles. The summed E-state index contributed by atoms with van der Waals surface area (Å²) in [5, 5.41) is 15.6.